The zero-order valence-electron chi connectivity index (χ0n) is 13.1. The molecule has 2 heterocycles. The number of nitrogens with one attached hydrogen (secondary N) is 2. The number of hydrogen-bond donors (Lipinski definition) is 2. The Labute approximate surface area is 149 Å². The number of carbonyl (C=O) groups is 1. The summed E-state index contributed by atoms with van der Waals surface area (Å²) in [5.41, 5.74) is 0.889. The maximum absolute atomic E-state index is 13.5. The Balaban J connectivity index is 1.60. The molecule has 3 rings (SSSR count). The van der Waals surface area contributed by atoms with Gasteiger partial charge in [0.15, 0.2) is 0 Å². The first-order chi connectivity index (χ1) is 11.6. The Hall–Kier alpha value is -1.47. The van der Waals surface area contributed by atoms with Crippen molar-refractivity contribution in [3.8, 4) is 0 Å². The van der Waals surface area contributed by atoms with E-state index in [0.717, 1.165) is 23.5 Å². The molecule has 4 nitrogen and oxygen atoms in total. The van der Waals surface area contributed by atoms with E-state index in [1.807, 2.05) is 18.2 Å². The highest BCUT2D eigenvalue weighted by molar-refractivity contribution is 7.16. The number of carbonyl (C=O) groups excluding carboxylic acids is 1. The molecule has 1 unspecified atom stereocenters. The summed E-state index contributed by atoms with van der Waals surface area (Å²) in [6, 6.07) is 10.3. The number of piperazine rings is 1. The molecule has 1 aromatic heterocycles. The highest BCUT2D eigenvalue weighted by Crippen LogP contribution is 2.23. The van der Waals surface area contributed by atoms with Crippen LogP contribution in [0.2, 0.25) is 4.34 Å². The second-order valence-electron chi connectivity index (χ2n) is 5.73. The average molecular weight is 368 g/mol. The van der Waals surface area contributed by atoms with Crippen molar-refractivity contribution in [2.75, 3.05) is 26.2 Å². The van der Waals surface area contributed by atoms with E-state index in [2.05, 4.69) is 15.5 Å². The van der Waals surface area contributed by atoms with Gasteiger partial charge in [-0.3, -0.25) is 9.69 Å². The third-order valence-electron chi connectivity index (χ3n) is 4.02. The predicted octanol–water partition coefficient (Wildman–Crippen LogP) is 2.80. The lowest BCUT2D eigenvalue weighted by Crippen LogP contribution is -2.49. The third-order valence-corrected chi connectivity index (χ3v) is 5.25. The van der Waals surface area contributed by atoms with Crippen LogP contribution in [0.1, 0.15) is 16.5 Å². The first-order valence-electron chi connectivity index (χ1n) is 7.83. The molecule has 128 valence electrons. The largest absolute Gasteiger partial charge is 0.350 e. The van der Waals surface area contributed by atoms with Crippen molar-refractivity contribution < 1.29 is 9.18 Å². The van der Waals surface area contributed by atoms with Crippen molar-refractivity contribution in [3.63, 3.8) is 0 Å². The molecule has 1 atom stereocenters. The van der Waals surface area contributed by atoms with Crippen LogP contribution >= 0.6 is 22.9 Å². The SMILES string of the molecule is O=C(CN1CCNCC1c1cccc(F)c1)NCc1ccc(Cl)s1. The molecule has 24 heavy (non-hydrogen) atoms. The Bertz CT molecular complexity index is 709. The van der Waals surface area contributed by atoms with Gasteiger partial charge in [-0.05, 0) is 29.8 Å². The lowest BCUT2D eigenvalue weighted by molar-refractivity contribution is -0.123. The minimum absolute atomic E-state index is 0.00335. The summed E-state index contributed by atoms with van der Waals surface area (Å²) in [6.07, 6.45) is 0. The molecule has 0 radical (unpaired) electrons. The molecular weight excluding hydrogens is 349 g/mol. The maximum atomic E-state index is 13.5. The molecular formula is C17H19ClFN3OS. The van der Waals surface area contributed by atoms with Crippen molar-refractivity contribution in [1.82, 2.24) is 15.5 Å². The third kappa shape index (κ3) is 4.54. The molecule has 2 aromatic rings. The highest BCUT2D eigenvalue weighted by atomic mass is 35.5. The first-order valence-corrected chi connectivity index (χ1v) is 9.02. The Morgan fingerprint density at radius 3 is 3.04 bits per heavy atom. The summed E-state index contributed by atoms with van der Waals surface area (Å²) in [7, 11) is 0. The fourth-order valence-corrected chi connectivity index (χ4v) is 3.88. The lowest BCUT2D eigenvalue weighted by atomic mass is 10.0. The Kier molecular flexibility index (Phi) is 5.84. The normalized spacial score (nSPS) is 18.5. The molecule has 2 N–H and O–H groups in total. The van der Waals surface area contributed by atoms with E-state index in [4.69, 9.17) is 11.6 Å². The van der Waals surface area contributed by atoms with Gasteiger partial charge in [-0.25, -0.2) is 4.39 Å². The first kappa shape index (κ1) is 17.4. The van der Waals surface area contributed by atoms with Crippen LogP contribution in [-0.2, 0) is 11.3 Å². The van der Waals surface area contributed by atoms with E-state index in [0.29, 0.717) is 24.0 Å². The zero-order valence-corrected chi connectivity index (χ0v) is 14.7. The van der Waals surface area contributed by atoms with E-state index in [9.17, 15) is 9.18 Å². The Morgan fingerprint density at radius 2 is 2.29 bits per heavy atom. The van der Waals surface area contributed by atoms with Crippen LogP contribution in [-0.4, -0.2) is 37.0 Å². The standard InChI is InChI=1S/C17H19ClFN3OS/c18-16-5-4-14(24-16)9-21-17(23)11-22-7-6-20-10-15(22)12-2-1-3-13(19)8-12/h1-5,8,15,20H,6-7,9-11H2,(H,21,23). The minimum atomic E-state index is -0.253. The molecule has 1 aliphatic rings. The molecule has 0 bridgehead atoms. The molecule has 1 aromatic carbocycles. The molecule has 1 saturated heterocycles. The van der Waals surface area contributed by atoms with E-state index < -0.39 is 0 Å². The van der Waals surface area contributed by atoms with Gasteiger partial charge in [0.1, 0.15) is 5.82 Å². The van der Waals surface area contributed by atoms with Gasteiger partial charge in [0.25, 0.3) is 0 Å². The van der Waals surface area contributed by atoms with Crippen molar-refractivity contribution >= 4 is 28.8 Å². The lowest BCUT2D eigenvalue weighted by Gasteiger charge is -2.36. The van der Waals surface area contributed by atoms with Crippen molar-refractivity contribution in [2.45, 2.75) is 12.6 Å². The zero-order chi connectivity index (χ0) is 16.9. The summed E-state index contributed by atoms with van der Waals surface area (Å²) >= 11 is 7.35. The fraction of sp³-hybridized carbons (Fsp3) is 0.353. The van der Waals surface area contributed by atoms with E-state index in [1.165, 1.54) is 23.5 Å². The van der Waals surface area contributed by atoms with Gasteiger partial charge in [-0.2, -0.15) is 0 Å². The van der Waals surface area contributed by atoms with Gasteiger partial charge >= 0.3 is 0 Å². The topological polar surface area (TPSA) is 44.4 Å². The quantitative estimate of drug-likeness (QED) is 0.854. The number of amides is 1. The van der Waals surface area contributed by atoms with Crippen LogP contribution in [0, 0.1) is 5.82 Å². The second kappa shape index (κ2) is 8.07. The number of thiophene rings is 1. The summed E-state index contributed by atoms with van der Waals surface area (Å²) in [6.45, 7) is 3.05. The smallest absolute Gasteiger partial charge is 0.234 e. The number of benzene rings is 1. The molecule has 1 fully saturated rings. The van der Waals surface area contributed by atoms with E-state index in [1.54, 1.807) is 6.07 Å². The Morgan fingerprint density at radius 1 is 1.42 bits per heavy atom. The summed E-state index contributed by atoms with van der Waals surface area (Å²) in [5, 5.41) is 6.23. The van der Waals surface area contributed by atoms with Crippen LogP contribution in [0.25, 0.3) is 0 Å². The monoisotopic (exact) mass is 367 g/mol. The highest BCUT2D eigenvalue weighted by Gasteiger charge is 2.25. The van der Waals surface area contributed by atoms with Gasteiger partial charge in [0.2, 0.25) is 5.91 Å². The number of hydrogen-bond acceptors (Lipinski definition) is 4. The number of nitrogens with zero attached hydrogens (tertiary/aromatic N) is 1. The van der Waals surface area contributed by atoms with Crippen LogP contribution < -0.4 is 10.6 Å². The number of rotatable bonds is 5. The molecule has 1 aliphatic heterocycles. The van der Waals surface area contributed by atoms with E-state index in [-0.39, 0.29) is 17.8 Å². The van der Waals surface area contributed by atoms with Gasteiger partial charge < -0.3 is 10.6 Å². The second-order valence-corrected chi connectivity index (χ2v) is 7.53. The van der Waals surface area contributed by atoms with Gasteiger partial charge in [-0.15, -0.1) is 11.3 Å². The molecule has 1 amide bonds. The van der Waals surface area contributed by atoms with Gasteiger partial charge in [0.05, 0.1) is 17.4 Å². The van der Waals surface area contributed by atoms with Gasteiger partial charge in [-0.1, -0.05) is 23.7 Å². The number of halogens is 2. The average Bonchev–Trinajstić information content (AvgIpc) is 2.99. The summed E-state index contributed by atoms with van der Waals surface area (Å²) in [4.78, 5) is 15.4. The van der Waals surface area contributed by atoms with E-state index >= 15 is 0 Å². The maximum Gasteiger partial charge on any atom is 0.234 e. The molecule has 7 heteroatoms. The molecule has 0 spiro atoms. The van der Waals surface area contributed by atoms with Crippen LogP contribution in [0.5, 0.6) is 0 Å². The van der Waals surface area contributed by atoms with Crippen LogP contribution in [0.15, 0.2) is 36.4 Å². The van der Waals surface area contributed by atoms with Crippen molar-refractivity contribution in [2.24, 2.45) is 0 Å². The molecule has 0 aliphatic carbocycles. The minimum Gasteiger partial charge on any atom is -0.350 e. The van der Waals surface area contributed by atoms with Crippen molar-refractivity contribution in [3.05, 3.63) is 57.0 Å². The fourth-order valence-electron chi connectivity index (χ4n) is 2.85. The van der Waals surface area contributed by atoms with Gasteiger partial charge in [0, 0.05) is 30.6 Å². The van der Waals surface area contributed by atoms with Crippen molar-refractivity contribution in [1.29, 1.82) is 0 Å². The molecule has 0 saturated carbocycles. The predicted molar refractivity (Wildman–Crippen MR) is 94.8 cm³/mol. The van der Waals surface area contributed by atoms with Crippen LogP contribution in [0.3, 0.4) is 0 Å². The van der Waals surface area contributed by atoms with Crippen LogP contribution in [0.4, 0.5) is 4.39 Å². The summed E-state index contributed by atoms with van der Waals surface area (Å²) in [5.74, 6) is -0.292. The summed E-state index contributed by atoms with van der Waals surface area (Å²) < 4.78 is 14.2.